The molecule has 0 heterocycles. The van der Waals surface area contributed by atoms with Crippen molar-refractivity contribution in [3.63, 3.8) is 0 Å². The second kappa shape index (κ2) is 7.54. The molecule has 0 aliphatic heterocycles. The SMILES string of the molecule is Brc1ccccc1C(=NNc1cccc2ccccc12)c1ccccc1. The van der Waals surface area contributed by atoms with Gasteiger partial charge in [0, 0.05) is 21.0 Å². The number of hydrazone groups is 1. The lowest BCUT2D eigenvalue weighted by molar-refractivity contribution is 1.33. The molecule has 2 nitrogen and oxygen atoms in total. The Labute approximate surface area is 161 Å². The fourth-order valence-corrected chi connectivity index (χ4v) is 3.44. The van der Waals surface area contributed by atoms with Crippen molar-refractivity contribution in [2.75, 3.05) is 5.43 Å². The molecular formula is C23H17BrN2. The monoisotopic (exact) mass is 400 g/mol. The maximum absolute atomic E-state index is 4.78. The molecule has 0 aliphatic carbocycles. The van der Waals surface area contributed by atoms with Gasteiger partial charge in [-0.3, -0.25) is 5.43 Å². The molecule has 0 saturated heterocycles. The molecule has 0 aliphatic rings. The second-order valence-corrected chi connectivity index (χ2v) is 6.80. The quantitative estimate of drug-likeness (QED) is 0.308. The van der Waals surface area contributed by atoms with Crippen molar-refractivity contribution in [1.29, 1.82) is 0 Å². The van der Waals surface area contributed by atoms with Crippen LogP contribution in [0.1, 0.15) is 11.1 Å². The van der Waals surface area contributed by atoms with E-state index in [2.05, 4.69) is 63.8 Å². The van der Waals surface area contributed by atoms with Crippen molar-refractivity contribution in [3.8, 4) is 0 Å². The number of anilines is 1. The van der Waals surface area contributed by atoms with Crippen LogP contribution in [-0.2, 0) is 0 Å². The molecule has 4 aromatic carbocycles. The minimum atomic E-state index is 0.894. The summed E-state index contributed by atoms with van der Waals surface area (Å²) in [5, 5.41) is 7.12. The standard InChI is InChI=1S/C23H17BrN2/c24-21-15-7-6-14-20(21)23(18-10-2-1-3-11-18)26-25-22-16-8-12-17-9-4-5-13-19(17)22/h1-16,25H. The first kappa shape index (κ1) is 16.6. The van der Waals surface area contributed by atoms with Gasteiger partial charge in [-0.05, 0) is 17.5 Å². The maximum atomic E-state index is 4.78. The fraction of sp³-hybridized carbons (Fsp3) is 0. The van der Waals surface area contributed by atoms with E-state index >= 15 is 0 Å². The van der Waals surface area contributed by atoms with E-state index in [1.807, 2.05) is 54.6 Å². The van der Waals surface area contributed by atoms with E-state index in [1.54, 1.807) is 0 Å². The Morgan fingerprint density at radius 1 is 0.692 bits per heavy atom. The third kappa shape index (κ3) is 3.39. The second-order valence-electron chi connectivity index (χ2n) is 5.94. The van der Waals surface area contributed by atoms with E-state index in [0.717, 1.165) is 32.4 Å². The van der Waals surface area contributed by atoms with Gasteiger partial charge in [0.1, 0.15) is 0 Å². The summed E-state index contributed by atoms with van der Waals surface area (Å²) < 4.78 is 1.02. The van der Waals surface area contributed by atoms with Crippen LogP contribution >= 0.6 is 15.9 Å². The summed E-state index contributed by atoms with van der Waals surface area (Å²) >= 11 is 3.65. The zero-order valence-corrected chi connectivity index (χ0v) is 15.6. The van der Waals surface area contributed by atoms with E-state index < -0.39 is 0 Å². The summed E-state index contributed by atoms with van der Waals surface area (Å²) in [5.41, 5.74) is 7.27. The van der Waals surface area contributed by atoms with Crippen LogP contribution in [0.3, 0.4) is 0 Å². The van der Waals surface area contributed by atoms with E-state index in [0.29, 0.717) is 0 Å². The van der Waals surface area contributed by atoms with Gasteiger partial charge in [-0.25, -0.2) is 0 Å². The van der Waals surface area contributed by atoms with Crippen molar-refractivity contribution < 1.29 is 0 Å². The van der Waals surface area contributed by atoms with Crippen molar-refractivity contribution in [1.82, 2.24) is 0 Å². The molecular weight excluding hydrogens is 384 g/mol. The molecule has 0 amide bonds. The predicted molar refractivity (Wildman–Crippen MR) is 114 cm³/mol. The first-order valence-electron chi connectivity index (χ1n) is 8.45. The Kier molecular flexibility index (Phi) is 4.80. The minimum absolute atomic E-state index is 0.894. The molecule has 0 aromatic heterocycles. The van der Waals surface area contributed by atoms with Crippen LogP contribution in [0.5, 0.6) is 0 Å². The van der Waals surface area contributed by atoms with Crippen molar-refractivity contribution >= 4 is 38.1 Å². The molecule has 126 valence electrons. The highest BCUT2D eigenvalue weighted by atomic mass is 79.9. The number of halogens is 1. The van der Waals surface area contributed by atoms with Crippen molar-refractivity contribution in [2.24, 2.45) is 5.10 Å². The van der Waals surface area contributed by atoms with Gasteiger partial charge < -0.3 is 0 Å². The average Bonchev–Trinajstić information content (AvgIpc) is 2.70. The van der Waals surface area contributed by atoms with E-state index in [-0.39, 0.29) is 0 Å². The topological polar surface area (TPSA) is 24.4 Å². The van der Waals surface area contributed by atoms with Gasteiger partial charge in [0.25, 0.3) is 0 Å². The lowest BCUT2D eigenvalue weighted by atomic mass is 10.0. The van der Waals surface area contributed by atoms with Crippen LogP contribution < -0.4 is 5.43 Å². The smallest absolute Gasteiger partial charge is 0.0989 e. The summed E-state index contributed by atoms with van der Waals surface area (Å²) in [4.78, 5) is 0. The largest absolute Gasteiger partial charge is 0.277 e. The van der Waals surface area contributed by atoms with Gasteiger partial charge in [-0.2, -0.15) is 5.10 Å². The molecule has 4 aromatic rings. The van der Waals surface area contributed by atoms with Crippen molar-refractivity contribution in [2.45, 2.75) is 0 Å². The summed E-state index contributed by atoms with van der Waals surface area (Å²) in [6, 6.07) is 32.9. The first-order chi connectivity index (χ1) is 12.8. The number of fused-ring (bicyclic) bond motifs is 1. The first-order valence-corrected chi connectivity index (χ1v) is 9.24. The van der Waals surface area contributed by atoms with Crippen LogP contribution in [0, 0.1) is 0 Å². The number of nitrogens with zero attached hydrogens (tertiary/aromatic N) is 1. The van der Waals surface area contributed by atoms with Crippen LogP contribution in [0.15, 0.2) is 107 Å². The maximum Gasteiger partial charge on any atom is 0.0989 e. The van der Waals surface area contributed by atoms with Gasteiger partial charge in [0.05, 0.1) is 11.4 Å². The molecule has 0 fully saturated rings. The normalized spacial score (nSPS) is 11.5. The van der Waals surface area contributed by atoms with Gasteiger partial charge in [-0.15, -0.1) is 0 Å². The minimum Gasteiger partial charge on any atom is -0.277 e. The number of hydrogen-bond donors (Lipinski definition) is 1. The molecule has 0 bridgehead atoms. The Morgan fingerprint density at radius 3 is 2.23 bits per heavy atom. The molecule has 1 N–H and O–H groups in total. The molecule has 4 rings (SSSR count). The van der Waals surface area contributed by atoms with E-state index in [1.165, 1.54) is 5.39 Å². The summed E-state index contributed by atoms with van der Waals surface area (Å²) in [5.74, 6) is 0. The number of rotatable bonds is 4. The molecule has 0 atom stereocenters. The summed E-state index contributed by atoms with van der Waals surface area (Å²) in [6.45, 7) is 0. The Balaban J connectivity index is 1.80. The van der Waals surface area contributed by atoms with Crippen LogP contribution in [0.2, 0.25) is 0 Å². The van der Waals surface area contributed by atoms with Gasteiger partial charge in [-0.1, -0.05) is 101 Å². The van der Waals surface area contributed by atoms with Gasteiger partial charge in [0.2, 0.25) is 0 Å². The fourth-order valence-electron chi connectivity index (χ4n) is 2.97. The Hall–Kier alpha value is -2.91. The summed E-state index contributed by atoms with van der Waals surface area (Å²) in [7, 11) is 0. The highest BCUT2D eigenvalue weighted by molar-refractivity contribution is 9.10. The lowest BCUT2D eigenvalue weighted by Gasteiger charge is -2.11. The van der Waals surface area contributed by atoms with Crippen LogP contribution in [-0.4, -0.2) is 5.71 Å². The number of nitrogens with one attached hydrogen (secondary N) is 1. The zero-order chi connectivity index (χ0) is 17.8. The average molecular weight is 401 g/mol. The highest BCUT2D eigenvalue weighted by Gasteiger charge is 2.10. The summed E-state index contributed by atoms with van der Waals surface area (Å²) in [6.07, 6.45) is 0. The Morgan fingerprint density at radius 2 is 1.38 bits per heavy atom. The molecule has 0 unspecified atom stereocenters. The molecule has 0 saturated carbocycles. The predicted octanol–water partition coefficient (Wildman–Crippen LogP) is 6.47. The number of benzene rings is 4. The van der Waals surface area contributed by atoms with Gasteiger partial charge >= 0.3 is 0 Å². The number of hydrogen-bond acceptors (Lipinski definition) is 2. The van der Waals surface area contributed by atoms with E-state index in [9.17, 15) is 0 Å². The van der Waals surface area contributed by atoms with E-state index in [4.69, 9.17) is 5.10 Å². The third-order valence-corrected chi connectivity index (χ3v) is 4.95. The third-order valence-electron chi connectivity index (χ3n) is 4.25. The Bertz CT molecular complexity index is 1070. The highest BCUT2D eigenvalue weighted by Crippen LogP contribution is 2.24. The molecule has 26 heavy (non-hydrogen) atoms. The zero-order valence-electron chi connectivity index (χ0n) is 14.1. The van der Waals surface area contributed by atoms with Crippen molar-refractivity contribution in [3.05, 3.63) is 113 Å². The van der Waals surface area contributed by atoms with Crippen LogP contribution in [0.25, 0.3) is 10.8 Å². The van der Waals surface area contributed by atoms with Crippen LogP contribution in [0.4, 0.5) is 5.69 Å². The molecule has 3 heteroatoms. The lowest BCUT2D eigenvalue weighted by Crippen LogP contribution is -2.07. The van der Waals surface area contributed by atoms with Gasteiger partial charge in [0.15, 0.2) is 0 Å². The molecule has 0 spiro atoms. The molecule has 0 radical (unpaired) electrons.